The Morgan fingerprint density at radius 1 is 1.38 bits per heavy atom. The lowest BCUT2D eigenvalue weighted by molar-refractivity contribution is 0.568. The molecule has 3 rings (SSSR count). The standard InChI is InChI=1S/C12H13N3O/c1-13-11-6-10(8-2-3-8)14-12(15-11)9-4-5-16-7-9/h4-8H,2-3H2,1H3,(H,13,14,15). The fourth-order valence-electron chi connectivity index (χ4n) is 1.70. The number of hydrogen-bond acceptors (Lipinski definition) is 4. The van der Waals surface area contributed by atoms with E-state index in [0.717, 1.165) is 22.9 Å². The topological polar surface area (TPSA) is 51.0 Å². The third-order valence-corrected chi connectivity index (χ3v) is 2.78. The monoisotopic (exact) mass is 215 g/mol. The van der Waals surface area contributed by atoms with Gasteiger partial charge in [0.1, 0.15) is 12.1 Å². The molecule has 2 aromatic rings. The second kappa shape index (κ2) is 3.63. The predicted molar refractivity (Wildman–Crippen MR) is 61.3 cm³/mol. The van der Waals surface area contributed by atoms with E-state index in [1.807, 2.05) is 19.2 Å². The Kier molecular flexibility index (Phi) is 2.13. The molecule has 16 heavy (non-hydrogen) atoms. The van der Waals surface area contributed by atoms with Crippen LogP contribution in [0.25, 0.3) is 11.4 Å². The largest absolute Gasteiger partial charge is 0.472 e. The molecule has 0 spiro atoms. The molecule has 0 unspecified atom stereocenters. The lowest BCUT2D eigenvalue weighted by atomic mass is 10.2. The van der Waals surface area contributed by atoms with E-state index in [0.29, 0.717) is 5.92 Å². The van der Waals surface area contributed by atoms with Crippen LogP contribution in [0.3, 0.4) is 0 Å². The minimum atomic E-state index is 0.626. The average molecular weight is 215 g/mol. The van der Waals surface area contributed by atoms with Gasteiger partial charge in [-0.05, 0) is 18.9 Å². The Bertz CT molecular complexity index is 489. The van der Waals surface area contributed by atoms with Crippen molar-refractivity contribution in [3.8, 4) is 11.4 Å². The first-order valence-corrected chi connectivity index (χ1v) is 5.46. The van der Waals surface area contributed by atoms with Crippen LogP contribution in [0.5, 0.6) is 0 Å². The summed E-state index contributed by atoms with van der Waals surface area (Å²) in [5.74, 6) is 2.23. The number of aromatic nitrogens is 2. The van der Waals surface area contributed by atoms with Crippen molar-refractivity contribution in [1.29, 1.82) is 0 Å². The van der Waals surface area contributed by atoms with Gasteiger partial charge in [-0.2, -0.15) is 0 Å². The predicted octanol–water partition coefficient (Wildman–Crippen LogP) is 2.66. The highest BCUT2D eigenvalue weighted by molar-refractivity contribution is 5.56. The van der Waals surface area contributed by atoms with Crippen LogP contribution >= 0.6 is 0 Å². The second-order valence-electron chi connectivity index (χ2n) is 4.04. The Labute approximate surface area is 93.7 Å². The summed E-state index contributed by atoms with van der Waals surface area (Å²) in [6.45, 7) is 0. The Balaban J connectivity index is 2.06. The summed E-state index contributed by atoms with van der Waals surface area (Å²) < 4.78 is 5.06. The van der Waals surface area contributed by atoms with E-state index < -0.39 is 0 Å². The summed E-state index contributed by atoms with van der Waals surface area (Å²) in [6, 6.07) is 3.91. The summed E-state index contributed by atoms with van der Waals surface area (Å²) in [4.78, 5) is 9.00. The first-order chi connectivity index (χ1) is 7.86. The van der Waals surface area contributed by atoms with Gasteiger partial charge in [-0.15, -0.1) is 0 Å². The van der Waals surface area contributed by atoms with Gasteiger partial charge in [0.05, 0.1) is 11.8 Å². The van der Waals surface area contributed by atoms with Crippen molar-refractivity contribution in [2.24, 2.45) is 0 Å². The lowest BCUT2D eigenvalue weighted by Gasteiger charge is -2.05. The van der Waals surface area contributed by atoms with E-state index in [1.165, 1.54) is 12.8 Å². The number of nitrogens with one attached hydrogen (secondary N) is 1. The van der Waals surface area contributed by atoms with Crippen LogP contribution in [0.15, 0.2) is 29.1 Å². The molecule has 0 atom stereocenters. The minimum Gasteiger partial charge on any atom is -0.472 e. The van der Waals surface area contributed by atoms with Gasteiger partial charge < -0.3 is 9.73 Å². The number of rotatable bonds is 3. The van der Waals surface area contributed by atoms with Gasteiger partial charge >= 0.3 is 0 Å². The number of anilines is 1. The number of hydrogen-bond donors (Lipinski definition) is 1. The molecule has 1 aliphatic carbocycles. The van der Waals surface area contributed by atoms with E-state index in [-0.39, 0.29) is 0 Å². The molecule has 0 aliphatic heterocycles. The molecule has 4 heteroatoms. The van der Waals surface area contributed by atoms with Gasteiger partial charge in [0.15, 0.2) is 5.82 Å². The zero-order valence-corrected chi connectivity index (χ0v) is 9.10. The van der Waals surface area contributed by atoms with E-state index in [9.17, 15) is 0 Å². The SMILES string of the molecule is CNc1cc(C2CC2)nc(-c2ccoc2)n1. The van der Waals surface area contributed by atoms with Gasteiger partial charge in [0, 0.05) is 24.7 Å². The molecule has 0 radical (unpaired) electrons. The lowest BCUT2D eigenvalue weighted by Crippen LogP contribution is -1.99. The van der Waals surface area contributed by atoms with Crippen LogP contribution in [-0.2, 0) is 0 Å². The molecular formula is C12H13N3O. The highest BCUT2D eigenvalue weighted by atomic mass is 16.3. The molecule has 0 saturated heterocycles. The number of nitrogens with zero attached hydrogens (tertiary/aromatic N) is 2. The highest BCUT2D eigenvalue weighted by Crippen LogP contribution is 2.40. The summed E-state index contributed by atoms with van der Waals surface area (Å²) >= 11 is 0. The van der Waals surface area contributed by atoms with Gasteiger partial charge in [0.25, 0.3) is 0 Å². The van der Waals surface area contributed by atoms with E-state index in [4.69, 9.17) is 4.42 Å². The molecule has 0 aromatic carbocycles. The molecule has 2 heterocycles. The first-order valence-electron chi connectivity index (χ1n) is 5.46. The smallest absolute Gasteiger partial charge is 0.165 e. The fraction of sp³-hybridized carbons (Fsp3) is 0.333. The van der Waals surface area contributed by atoms with E-state index in [2.05, 4.69) is 15.3 Å². The number of furan rings is 1. The molecule has 4 nitrogen and oxygen atoms in total. The average Bonchev–Trinajstić information content (AvgIpc) is 3.04. The molecule has 2 aromatic heterocycles. The van der Waals surface area contributed by atoms with Gasteiger partial charge in [0.2, 0.25) is 0 Å². The zero-order valence-electron chi connectivity index (χ0n) is 9.10. The summed E-state index contributed by atoms with van der Waals surface area (Å²) in [7, 11) is 1.87. The first kappa shape index (κ1) is 9.39. The van der Waals surface area contributed by atoms with Crippen LogP contribution in [0.1, 0.15) is 24.5 Å². The third-order valence-electron chi connectivity index (χ3n) is 2.78. The minimum absolute atomic E-state index is 0.626. The van der Waals surface area contributed by atoms with Crippen LogP contribution in [0, 0.1) is 0 Å². The summed E-state index contributed by atoms with van der Waals surface area (Å²) in [5, 5.41) is 3.07. The van der Waals surface area contributed by atoms with Crippen LogP contribution in [-0.4, -0.2) is 17.0 Å². The van der Waals surface area contributed by atoms with Crippen molar-refractivity contribution in [3.63, 3.8) is 0 Å². The Hall–Kier alpha value is -1.84. The Morgan fingerprint density at radius 3 is 2.88 bits per heavy atom. The van der Waals surface area contributed by atoms with Crippen molar-refractivity contribution in [2.75, 3.05) is 12.4 Å². The van der Waals surface area contributed by atoms with Gasteiger partial charge in [-0.1, -0.05) is 0 Å². The quantitative estimate of drug-likeness (QED) is 0.855. The zero-order chi connectivity index (χ0) is 11.0. The molecule has 1 aliphatic rings. The Morgan fingerprint density at radius 2 is 2.25 bits per heavy atom. The maximum absolute atomic E-state index is 5.06. The molecule has 1 saturated carbocycles. The van der Waals surface area contributed by atoms with Crippen LogP contribution < -0.4 is 5.32 Å². The molecular weight excluding hydrogens is 202 g/mol. The molecule has 0 amide bonds. The van der Waals surface area contributed by atoms with Gasteiger partial charge in [-0.25, -0.2) is 9.97 Å². The summed E-state index contributed by atoms with van der Waals surface area (Å²) in [6.07, 6.45) is 5.79. The summed E-state index contributed by atoms with van der Waals surface area (Å²) in [5.41, 5.74) is 2.06. The fourth-order valence-corrected chi connectivity index (χ4v) is 1.70. The molecule has 0 bridgehead atoms. The molecule has 1 N–H and O–H groups in total. The van der Waals surface area contributed by atoms with Crippen molar-refractivity contribution in [1.82, 2.24) is 9.97 Å². The van der Waals surface area contributed by atoms with Crippen molar-refractivity contribution < 1.29 is 4.42 Å². The van der Waals surface area contributed by atoms with Crippen molar-refractivity contribution in [3.05, 3.63) is 30.4 Å². The highest BCUT2D eigenvalue weighted by Gasteiger charge is 2.26. The van der Waals surface area contributed by atoms with Crippen molar-refractivity contribution >= 4 is 5.82 Å². The maximum atomic E-state index is 5.06. The van der Waals surface area contributed by atoms with Gasteiger partial charge in [-0.3, -0.25) is 0 Å². The normalized spacial score (nSPS) is 15.1. The molecule has 1 fully saturated rings. The van der Waals surface area contributed by atoms with Crippen molar-refractivity contribution in [2.45, 2.75) is 18.8 Å². The maximum Gasteiger partial charge on any atom is 0.165 e. The third kappa shape index (κ3) is 1.66. The second-order valence-corrected chi connectivity index (χ2v) is 4.04. The van der Waals surface area contributed by atoms with Crippen LogP contribution in [0.2, 0.25) is 0 Å². The molecule has 82 valence electrons. The van der Waals surface area contributed by atoms with E-state index in [1.54, 1.807) is 12.5 Å². The van der Waals surface area contributed by atoms with Crippen LogP contribution in [0.4, 0.5) is 5.82 Å². The van der Waals surface area contributed by atoms with E-state index >= 15 is 0 Å².